The maximum Gasteiger partial charge on any atom is 0.300 e. The summed E-state index contributed by atoms with van der Waals surface area (Å²) in [4.78, 5) is 10.3. The van der Waals surface area contributed by atoms with Gasteiger partial charge < -0.3 is 15.2 Å². The minimum Gasteiger partial charge on any atom is -0.386 e. The fourth-order valence-corrected chi connectivity index (χ4v) is 2.14. The molecule has 9 heteroatoms. The first-order valence-corrected chi connectivity index (χ1v) is 6.03. The molecule has 0 bridgehead atoms. The monoisotopic (exact) mass is 280 g/mol. The number of benzene rings is 1. The molecule has 1 saturated heterocycles. The van der Waals surface area contributed by atoms with Crippen LogP contribution < -0.4 is 5.32 Å². The van der Waals surface area contributed by atoms with Gasteiger partial charge in [0.25, 0.3) is 0 Å². The third kappa shape index (κ3) is 2.17. The highest BCUT2D eigenvalue weighted by atomic mass is 16.6. The van der Waals surface area contributed by atoms with Crippen molar-refractivity contribution in [2.75, 3.05) is 25.1 Å². The van der Waals surface area contributed by atoms with Crippen molar-refractivity contribution in [1.82, 2.24) is 10.3 Å². The summed E-state index contributed by atoms with van der Waals surface area (Å²) in [6.07, 6.45) is 0.535. The average molecular weight is 280 g/mol. The number of nitrogens with zero attached hydrogens (tertiary/aromatic N) is 3. The Balaban J connectivity index is 1.87. The maximum atomic E-state index is 10.9. The molecule has 3 rings (SSSR count). The molecule has 106 valence electrons. The number of non-ortho nitro benzene ring substituents is 1. The first-order valence-electron chi connectivity index (χ1n) is 6.03. The van der Waals surface area contributed by atoms with Gasteiger partial charge in [0.15, 0.2) is 5.52 Å². The van der Waals surface area contributed by atoms with E-state index in [1.807, 2.05) is 0 Å². The lowest BCUT2D eigenvalue weighted by Gasteiger charge is -2.21. The van der Waals surface area contributed by atoms with Crippen LogP contribution in [0.3, 0.4) is 0 Å². The van der Waals surface area contributed by atoms with Gasteiger partial charge in [-0.25, -0.2) is 4.63 Å². The molecule has 1 aliphatic rings. The first kappa shape index (κ1) is 12.8. The first-order chi connectivity index (χ1) is 9.59. The summed E-state index contributed by atoms with van der Waals surface area (Å²) in [6, 6.07) is 2.84. The summed E-state index contributed by atoms with van der Waals surface area (Å²) < 4.78 is 9.71. The van der Waals surface area contributed by atoms with E-state index in [0.717, 1.165) is 0 Å². The molecule has 0 saturated carbocycles. The van der Waals surface area contributed by atoms with E-state index in [-0.39, 0.29) is 29.9 Å². The zero-order valence-electron chi connectivity index (χ0n) is 10.4. The van der Waals surface area contributed by atoms with Gasteiger partial charge in [-0.1, -0.05) is 0 Å². The van der Waals surface area contributed by atoms with Gasteiger partial charge in [0.1, 0.15) is 5.60 Å². The second-order valence-electron chi connectivity index (χ2n) is 4.73. The highest BCUT2D eigenvalue weighted by Gasteiger charge is 2.32. The molecule has 1 unspecified atom stereocenters. The van der Waals surface area contributed by atoms with Crippen LogP contribution in [0.1, 0.15) is 6.42 Å². The number of aromatic nitrogens is 2. The summed E-state index contributed by atoms with van der Waals surface area (Å²) in [5.41, 5.74) is -0.246. The highest BCUT2D eigenvalue weighted by molar-refractivity contribution is 5.93. The summed E-state index contributed by atoms with van der Waals surface area (Å²) in [6.45, 7) is 1.03. The van der Waals surface area contributed by atoms with Crippen molar-refractivity contribution in [2.24, 2.45) is 0 Å². The number of hydrogen-bond acceptors (Lipinski definition) is 8. The van der Waals surface area contributed by atoms with Gasteiger partial charge in [-0.3, -0.25) is 10.1 Å². The molecule has 0 amide bonds. The average Bonchev–Trinajstić information content (AvgIpc) is 3.05. The van der Waals surface area contributed by atoms with Crippen molar-refractivity contribution in [3.8, 4) is 0 Å². The molecular weight excluding hydrogens is 268 g/mol. The molecule has 9 nitrogen and oxygen atoms in total. The van der Waals surface area contributed by atoms with E-state index in [2.05, 4.69) is 20.3 Å². The Morgan fingerprint density at radius 2 is 2.25 bits per heavy atom. The molecule has 1 fully saturated rings. The molecule has 2 aromatic rings. The maximum absolute atomic E-state index is 10.9. The van der Waals surface area contributed by atoms with Crippen molar-refractivity contribution < 1.29 is 19.4 Å². The molecule has 20 heavy (non-hydrogen) atoms. The Labute approximate surface area is 112 Å². The van der Waals surface area contributed by atoms with Gasteiger partial charge in [-0.05, 0) is 16.4 Å². The second-order valence-corrected chi connectivity index (χ2v) is 4.73. The Morgan fingerprint density at radius 3 is 2.95 bits per heavy atom. The van der Waals surface area contributed by atoms with E-state index in [4.69, 9.17) is 4.74 Å². The number of ether oxygens (including phenoxy) is 1. The van der Waals surface area contributed by atoms with E-state index in [9.17, 15) is 15.2 Å². The van der Waals surface area contributed by atoms with Crippen LogP contribution in [-0.4, -0.2) is 45.7 Å². The Kier molecular flexibility index (Phi) is 2.99. The third-order valence-corrected chi connectivity index (χ3v) is 3.28. The van der Waals surface area contributed by atoms with Gasteiger partial charge in [-0.15, -0.1) is 0 Å². The summed E-state index contributed by atoms with van der Waals surface area (Å²) in [7, 11) is 0. The number of nitrogens with one attached hydrogen (secondary N) is 1. The second kappa shape index (κ2) is 4.69. The van der Waals surface area contributed by atoms with Crippen molar-refractivity contribution in [3.05, 3.63) is 22.2 Å². The number of aliphatic hydroxyl groups is 1. The zero-order chi connectivity index (χ0) is 14.2. The molecule has 1 atom stereocenters. The SMILES string of the molecule is O=[N+]([O-])c1ccc(NCC2(O)CCOC2)c2nonc12. The van der Waals surface area contributed by atoms with Crippen LogP contribution in [0, 0.1) is 10.1 Å². The van der Waals surface area contributed by atoms with Gasteiger partial charge in [0, 0.05) is 25.6 Å². The van der Waals surface area contributed by atoms with Crippen molar-refractivity contribution >= 4 is 22.4 Å². The van der Waals surface area contributed by atoms with E-state index >= 15 is 0 Å². The van der Waals surface area contributed by atoms with Gasteiger partial charge in [0.2, 0.25) is 5.52 Å². The number of nitro benzene ring substituents is 1. The Morgan fingerprint density at radius 1 is 1.45 bits per heavy atom. The smallest absolute Gasteiger partial charge is 0.300 e. The minimum absolute atomic E-state index is 0.0784. The van der Waals surface area contributed by atoms with Crippen LogP contribution >= 0.6 is 0 Å². The van der Waals surface area contributed by atoms with E-state index < -0.39 is 10.5 Å². The standard InChI is InChI=1S/C11H12N4O5/c16-11(3-4-19-6-11)5-12-7-1-2-8(15(17)18)10-9(7)13-20-14-10/h1-2,12,16H,3-6H2. The number of fused-ring (bicyclic) bond motifs is 1. The van der Waals surface area contributed by atoms with Crippen LogP contribution in [0.5, 0.6) is 0 Å². The van der Waals surface area contributed by atoms with Gasteiger partial charge >= 0.3 is 5.69 Å². The summed E-state index contributed by atoms with van der Waals surface area (Å²) in [5.74, 6) is 0. The van der Waals surface area contributed by atoms with Crippen LogP contribution in [0.4, 0.5) is 11.4 Å². The van der Waals surface area contributed by atoms with Crippen LogP contribution in [0.2, 0.25) is 0 Å². The molecule has 1 aromatic carbocycles. The normalized spacial score (nSPS) is 22.2. The number of anilines is 1. The topological polar surface area (TPSA) is 124 Å². The third-order valence-electron chi connectivity index (χ3n) is 3.28. The molecule has 0 aliphatic carbocycles. The predicted molar refractivity (Wildman–Crippen MR) is 67.3 cm³/mol. The molecule has 2 heterocycles. The number of rotatable bonds is 4. The summed E-state index contributed by atoms with van der Waals surface area (Å²) >= 11 is 0. The summed E-state index contributed by atoms with van der Waals surface area (Å²) in [5, 5.41) is 31.2. The van der Waals surface area contributed by atoms with Crippen molar-refractivity contribution in [3.63, 3.8) is 0 Å². The molecule has 0 radical (unpaired) electrons. The van der Waals surface area contributed by atoms with E-state index in [1.165, 1.54) is 12.1 Å². The predicted octanol–water partition coefficient (Wildman–Crippen LogP) is 0.694. The molecule has 1 aliphatic heterocycles. The van der Waals surface area contributed by atoms with Crippen LogP contribution in [-0.2, 0) is 4.74 Å². The Hall–Kier alpha value is -2.26. The van der Waals surface area contributed by atoms with Crippen LogP contribution in [0.15, 0.2) is 16.8 Å². The van der Waals surface area contributed by atoms with Crippen LogP contribution in [0.25, 0.3) is 11.0 Å². The van der Waals surface area contributed by atoms with E-state index in [1.54, 1.807) is 0 Å². The number of hydrogen-bond donors (Lipinski definition) is 2. The fraction of sp³-hybridized carbons (Fsp3) is 0.455. The molecule has 2 N–H and O–H groups in total. The highest BCUT2D eigenvalue weighted by Crippen LogP contribution is 2.29. The molecule has 0 spiro atoms. The Bertz CT molecular complexity index is 649. The van der Waals surface area contributed by atoms with Gasteiger partial charge in [0.05, 0.1) is 17.2 Å². The lowest BCUT2D eigenvalue weighted by molar-refractivity contribution is -0.383. The largest absolute Gasteiger partial charge is 0.386 e. The minimum atomic E-state index is -0.939. The number of nitro groups is 1. The lowest BCUT2D eigenvalue weighted by Crippen LogP contribution is -2.37. The molecule has 1 aromatic heterocycles. The fourth-order valence-electron chi connectivity index (χ4n) is 2.14. The molecular formula is C11H12N4O5. The van der Waals surface area contributed by atoms with E-state index in [0.29, 0.717) is 18.7 Å². The quantitative estimate of drug-likeness (QED) is 0.619. The lowest BCUT2D eigenvalue weighted by atomic mass is 10.0. The van der Waals surface area contributed by atoms with Gasteiger partial charge in [-0.2, -0.15) is 0 Å². The van der Waals surface area contributed by atoms with Crippen molar-refractivity contribution in [2.45, 2.75) is 12.0 Å². The van der Waals surface area contributed by atoms with Crippen molar-refractivity contribution in [1.29, 1.82) is 0 Å². The zero-order valence-corrected chi connectivity index (χ0v) is 10.4.